The van der Waals surface area contributed by atoms with Crippen LogP contribution in [0.1, 0.15) is 12.8 Å². The monoisotopic (exact) mass is 166 g/mol. The molecule has 2 nitrogen and oxygen atoms in total. The highest BCUT2D eigenvalue weighted by Crippen LogP contribution is 2.43. The largest absolute Gasteiger partial charge is 0.481 e. The molecule has 12 heavy (non-hydrogen) atoms. The summed E-state index contributed by atoms with van der Waals surface area (Å²) < 4.78 is 0. The third-order valence-corrected chi connectivity index (χ3v) is 2.60. The molecule has 3 atom stereocenters. The Bertz CT molecular complexity index is 208. The molecule has 2 heteroatoms. The highest BCUT2D eigenvalue weighted by Gasteiger charge is 2.39. The van der Waals surface area contributed by atoms with E-state index >= 15 is 0 Å². The molecule has 2 bridgehead atoms. The van der Waals surface area contributed by atoms with Gasteiger partial charge in [0.15, 0.2) is 0 Å². The number of carboxylic acid groups (broad SMARTS) is 1. The molecule has 1 saturated carbocycles. The van der Waals surface area contributed by atoms with Crippen LogP contribution in [-0.4, -0.2) is 11.1 Å². The van der Waals surface area contributed by atoms with Gasteiger partial charge in [0.2, 0.25) is 0 Å². The molecule has 66 valence electrons. The summed E-state index contributed by atoms with van der Waals surface area (Å²) in [5.74, 6) is 0.237. The molecule has 2 aliphatic carbocycles. The van der Waals surface area contributed by atoms with E-state index in [1.54, 1.807) is 0 Å². The fourth-order valence-electron chi connectivity index (χ4n) is 2.06. The van der Waals surface area contributed by atoms with Gasteiger partial charge in [0.1, 0.15) is 0 Å². The zero-order chi connectivity index (χ0) is 9.14. The first-order valence-electron chi connectivity index (χ1n) is 4.18. The van der Waals surface area contributed by atoms with Crippen LogP contribution in [0.2, 0.25) is 0 Å². The van der Waals surface area contributed by atoms with Crippen molar-refractivity contribution in [1.29, 1.82) is 0 Å². The van der Waals surface area contributed by atoms with Crippen LogP contribution in [0.5, 0.6) is 0 Å². The number of rotatable bonds is 1. The minimum absolute atomic E-state index is 0.0741. The van der Waals surface area contributed by atoms with Gasteiger partial charge in [-0.05, 0) is 24.7 Å². The number of allylic oxidation sites excluding steroid dienone is 2. The van der Waals surface area contributed by atoms with E-state index < -0.39 is 5.97 Å². The highest BCUT2D eigenvalue weighted by molar-refractivity contribution is 5.71. The second-order valence-corrected chi connectivity index (χ2v) is 3.22. The predicted molar refractivity (Wildman–Crippen MR) is 47.7 cm³/mol. The molecular formula is C10H14O2. The maximum Gasteiger partial charge on any atom is 0.307 e. The first-order valence-corrected chi connectivity index (χ1v) is 4.18. The van der Waals surface area contributed by atoms with Gasteiger partial charge >= 0.3 is 5.97 Å². The van der Waals surface area contributed by atoms with Crippen LogP contribution in [-0.2, 0) is 4.79 Å². The van der Waals surface area contributed by atoms with Crippen molar-refractivity contribution in [3.05, 3.63) is 25.3 Å². The molecule has 0 aromatic carbocycles. The summed E-state index contributed by atoms with van der Waals surface area (Å²) in [6, 6.07) is 0. The average Bonchev–Trinajstić information content (AvgIpc) is 2.67. The van der Waals surface area contributed by atoms with Crippen molar-refractivity contribution in [3.8, 4) is 0 Å². The minimum atomic E-state index is -0.614. The maximum atomic E-state index is 10.6. The number of carbonyl (C=O) groups is 1. The van der Waals surface area contributed by atoms with Crippen molar-refractivity contribution in [1.82, 2.24) is 0 Å². The van der Waals surface area contributed by atoms with Gasteiger partial charge in [-0.15, -0.1) is 13.2 Å². The Balaban J connectivity index is 0.000000336. The summed E-state index contributed by atoms with van der Waals surface area (Å²) in [4.78, 5) is 10.6. The van der Waals surface area contributed by atoms with Crippen molar-refractivity contribution in [2.24, 2.45) is 17.8 Å². The molecule has 0 heterocycles. The first kappa shape index (κ1) is 9.04. The van der Waals surface area contributed by atoms with E-state index in [0.717, 1.165) is 12.8 Å². The van der Waals surface area contributed by atoms with Crippen LogP contribution >= 0.6 is 0 Å². The van der Waals surface area contributed by atoms with Crippen molar-refractivity contribution < 1.29 is 9.90 Å². The molecule has 2 aliphatic rings. The Kier molecular flexibility index (Phi) is 2.69. The highest BCUT2D eigenvalue weighted by atomic mass is 16.4. The topological polar surface area (TPSA) is 37.3 Å². The SMILES string of the molecule is C=C.O=C(O)C1CC2C=CC1C2. The molecule has 0 amide bonds. The average molecular weight is 166 g/mol. The zero-order valence-electron chi connectivity index (χ0n) is 7.07. The van der Waals surface area contributed by atoms with Gasteiger partial charge in [-0.2, -0.15) is 0 Å². The fraction of sp³-hybridized carbons (Fsp3) is 0.500. The molecule has 0 spiro atoms. The van der Waals surface area contributed by atoms with Crippen LogP contribution in [0.3, 0.4) is 0 Å². The number of carboxylic acids is 1. The number of hydrogen-bond acceptors (Lipinski definition) is 1. The summed E-state index contributed by atoms with van der Waals surface area (Å²) in [7, 11) is 0. The van der Waals surface area contributed by atoms with Crippen LogP contribution < -0.4 is 0 Å². The lowest BCUT2D eigenvalue weighted by Gasteiger charge is -2.11. The lowest BCUT2D eigenvalue weighted by Crippen LogP contribution is -2.17. The number of hydrogen-bond donors (Lipinski definition) is 1. The quantitative estimate of drug-likeness (QED) is 0.605. The zero-order valence-corrected chi connectivity index (χ0v) is 7.07. The summed E-state index contributed by atoms with van der Waals surface area (Å²) in [6.07, 6.45) is 6.17. The van der Waals surface area contributed by atoms with E-state index in [1.165, 1.54) is 0 Å². The lowest BCUT2D eigenvalue weighted by atomic mass is 9.94. The Morgan fingerprint density at radius 3 is 2.25 bits per heavy atom. The van der Waals surface area contributed by atoms with Gasteiger partial charge < -0.3 is 5.11 Å². The third kappa shape index (κ3) is 1.42. The smallest absolute Gasteiger partial charge is 0.307 e. The molecule has 0 aromatic heterocycles. The van der Waals surface area contributed by atoms with Crippen LogP contribution in [0.15, 0.2) is 25.3 Å². The molecule has 0 radical (unpaired) electrons. The maximum absolute atomic E-state index is 10.6. The molecule has 2 rings (SSSR count). The summed E-state index contributed by atoms with van der Waals surface area (Å²) in [6.45, 7) is 6.00. The molecule has 0 saturated heterocycles. The number of aliphatic carboxylic acids is 1. The molecule has 0 aliphatic heterocycles. The number of fused-ring (bicyclic) bond motifs is 2. The van der Waals surface area contributed by atoms with Crippen LogP contribution in [0.25, 0.3) is 0 Å². The van der Waals surface area contributed by atoms with Crippen LogP contribution in [0, 0.1) is 17.8 Å². The standard InChI is InChI=1S/C8H10O2.C2H4/c9-8(10)7-4-5-1-2-6(7)3-5;1-2/h1-2,5-7H,3-4H2,(H,9,10);1-2H2. The van der Waals surface area contributed by atoms with E-state index in [1.807, 2.05) is 0 Å². The third-order valence-electron chi connectivity index (χ3n) is 2.60. The van der Waals surface area contributed by atoms with Crippen molar-refractivity contribution >= 4 is 5.97 Å². The molecular weight excluding hydrogens is 152 g/mol. The predicted octanol–water partition coefficient (Wildman–Crippen LogP) is 2.09. The van der Waals surface area contributed by atoms with Gasteiger partial charge in [-0.1, -0.05) is 12.2 Å². The summed E-state index contributed by atoms with van der Waals surface area (Å²) in [5.41, 5.74) is 0. The molecule has 3 unspecified atom stereocenters. The van der Waals surface area contributed by atoms with Gasteiger partial charge in [-0.3, -0.25) is 4.79 Å². The van der Waals surface area contributed by atoms with Crippen LogP contribution in [0.4, 0.5) is 0 Å². The van der Waals surface area contributed by atoms with E-state index in [9.17, 15) is 4.79 Å². The minimum Gasteiger partial charge on any atom is -0.481 e. The van der Waals surface area contributed by atoms with Gasteiger partial charge in [0.05, 0.1) is 5.92 Å². The van der Waals surface area contributed by atoms with Crippen molar-refractivity contribution in [2.75, 3.05) is 0 Å². The fourth-order valence-corrected chi connectivity index (χ4v) is 2.06. The Morgan fingerprint density at radius 1 is 1.33 bits per heavy atom. The van der Waals surface area contributed by atoms with Crippen molar-refractivity contribution in [3.63, 3.8) is 0 Å². The molecule has 1 N–H and O–H groups in total. The normalized spacial score (nSPS) is 35.8. The Labute approximate surface area is 72.6 Å². The summed E-state index contributed by atoms with van der Waals surface area (Å²) in [5, 5.41) is 8.70. The Morgan fingerprint density at radius 2 is 2.00 bits per heavy atom. The first-order chi connectivity index (χ1) is 5.77. The van der Waals surface area contributed by atoms with Gasteiger partial charge in [0.25, 0.3) is 0 Å². The second kappa shape index (κ2) is 3.57. The van der Waals surface area contributed by atoms with Crippen molar-refractivity contribution in [2.45, 2.75) is 12.8 Å². The summed E-state index contributed by atoms with van der Waals surface area (Å²) >= 11 is 0. The van der Waals surface area contributed by atoms with E-state index in [0.29, 0.717) is 11.8 Å². The molecule has 0 aromatic rings. The van der Waals surface area contributed by atoms with E-state index in [-0.39, 0.29) is 5.92 Å². The Hall–Kier alpha value is -1.05. The van der Waals surface area contributed by atoms with Gasteiger partial charge in [0, 0.05) is 0 Å². The van der Waals surface area contributed by atoms with E-state index in [2.05, 4.69) is 25.3 Å². The van der Waals surface area contributed by atoms with E-state index in [4.69, 9.17) is 5.11 Å². The molecule has 1 fully saturated rings. The van der Waals surface area contributed by atoms with Gasteiger partial charge in [-0.25, -0.2) is 0 Å². The lowest BCUT2D eigenvalue weighted by molar-refractivity contribution is -0.142. The second-order valence-electron chi connectivity index (χ2n) is 3.22.